The van der Waals surface area contributed by atoms with Crippen molar-refractivity contribution in [2.45, 2.75) is 46.5 Å². The van der Waals surface area contributed by atoms with Crippen LogP contribution in [-0.4, -0.2) is 101 Å². The van der Waals surface area contributed by atoms with Crippen LogP contribution in [-0.2, 0) is 19.1 Å². The molecule has 0 saturated carbocycles. The van der Waals surface area contributed by atoms with E-state index in [1.54, 1.807) is 0 Å². The first kappa shape index (κ1) is 28.0. The molecule has 162 valence electrons. The van der Waals surface area contributed by atoms with Crippen LogP contribution in [0.1, 0.15) is 46.5 Å². The Labute approximate surface area is 167 Å². The van der Waals surface area contributed by atoms with E-state index in [2.05, 4.69) is 31.1 Å². The summed E-state index contributed by atoms with van der Waals surface area (Å²) >= 11 is 0. The fraction of sp³-hybridized carbons (Fsp3) is 0.900. The zero-order valence-corrected chi connectivity index (χ0v) is 18.8. The minimum Gasteiger partial charge on any atom is -0.469 e. The summed E-state index contributed by atoms with van der Waals surface area (Å²) in [6, 6.07) is 0. The van der Waals surface area contributed by atoms with Crippen molar-refractivity contribution < 1.29 is 19.1 Å². The van der Waals surface area contributed by atoms with E-state index in [-0.39, 0.29) is 11.9 Å². The molecule has 0 heterocycles. The van der Waals surface area contributed by atoms with E-state index < -0.39 is 0 Å². The molecule has 0 aliphatic heterocycles. The molecule has 7 nitrogen and oxygen atoms in total. The van der Waals surface area contributed by atoms with E-state index in [1.165, 1.54) is 14.2 Å². The maximum absolute atomic E-state index is 11.1. The molecule has 7 heteroatoms. The Kier molecular flexibility index (Phi) is 20.3. The van der Waals surface area contributed by atoms with Crippen molar-refractivity contribution in [2.75, 3.05) is 74.1 Å². The highest BCUT2D eigenvalue weighted by molar-refractivity contribution is 5.69. The zero-order chi connectivity index (χ0) is 21.1. The van der Waals surface area contributed by atoms with Crippen LogP contribution in [0.2, 0.25) is 0 Å². The van der Waals surface area contributed by atoms with E-state index in [0.717, 1.165) is 58.7 Å². The number of carbonyl (C=O) groups is 2. The van der Waals surface area contributed by atoms with Crippen LogP contribution in [0, 0.1) is 0 Å². The van der Waals surface area contributed by atoms with Gasteiger partial charge in [0.1, 0.15) is 0 Å². The Balaban J connectivity index is 0. The van der Waals surface area contributed by atoms with Crippen LogP contribution < -0.4 is 0 Å². The largest absolute Gasteiger partial charge is 0.469 e. The molecule has 0 atom stereocenters. The van der Waals surface area contributed by atoms with Gasteiger partial charge in [-0.2, -0.15) is 0 Å². The van der Waals surface area contributed by atoms with Gasteiger partial charge in [-0.05, 0) is 59.7 Å². The lowest BCUT2D eigenvalue weighted by Crippen LogP contribution is -2.32. The van der Waals surface area contributed by atoms with Gasteiger partial charge in [0.25, 0.3) is 0 Å². The van der Waals surface area contributed by atoms with Gasteiger partial charge >= 0.3 is 11.9 Å². The summed E-state index contributed by atoms with van der Waals surface area (Å²) in [5, 5.41) is 0. The van der Waals surface area contributed by atoms with Gasteiger partial charge in [0.05, 0.1) is 27.1 Å². The topological polar surface area (TPSA) is 62.3 Å². The highest BCUT2D eigenvalue weighted by Gasteiger charge is 2.08. The van der Waals surface area contributed by atoms with Gasteiger partial charge in [-0.15, -0.1) is 0 Å². The summed E-state index contributed by atoms with van der Waals surface area (Å²) in [6.45, 7) is 12.8. The lowest BCUT2D eigenvalue weighted by atomic mass is 10.3. The highest BCUT2D eigenvalue weighted by Crippen LogP contribution is 1.99. The number of rotatable bonds is 15. The van der Waals surface area contributed by atoms with Gasteiger partial charge in [-0.3, -0.25) is 9.59 Å². The second-order valence-corrected chi connectivity index (χ2v) is 6.40. The van der Waals surface area contributed by atoms with Crippen LogP contribution in [0.4, 0.5) is 0 Å². The molecule has 0 aromatic heterocycles. The fourth-order valence-electron chi connectivity index (χ4n) is 2.55. The Morgan fingerprint density at radius 3 is 1.37 bits per heavy atom. The van der Waals surface area contributed by atoms with Gasteiger partial charge in [-0.1, -0.05) is 20.8 Å². The van der Waals surface area contributed by atoms with E-state index in [1.807, 2.05) is 27.9 Å². The molecule has 0 rings (SSSR count). The molecule has 0 aliphatic carbocycles. The first-order chi connectivity index (χ1) is 12.9. The predicted molar refractivity (Wildman–Crippen MR) is 111 cm³/mol. The summed E-state index contributed by atoms with van der Waals surface area (Å²) in [7, 11) is 6.92. The molecule has 0 aromatic rings. The number of hydrogen-bond acceptors (Lipinski definition) is 7. The van der Waals surface area contributed by atoms with Crippen LogP contribution in [0.5, 0.6) is 0 Å². The average molecular weight is 390 g/mol. The summed E-state index contributed by atoms with van der Waals surface area (Å²) in [6.07, 6.45) is 3.07. The quantitative estimate of drug-likeness (QED) is 0.398. The summed E-state index contributed by atoms with van der Waals surface area (Å²) in [5.41, 5.74) is 0. The van der Waals surface area contributed by atoms with Crippen molar-refractivity contribution in [3.63, 3.8) is 0 Å². The van der Waals surface area contributed by atoms with Crippen LogP contribution in [0.3, 0.4) is 0 Å². The van der Waals surface area contributed by atoms with Crippen molar-refractivity contribution >= 4 is 11.9 Å². The van der Waals surface area contributed by atoms with Crippen molar-refractivity contribution in [1.82, 2.24) is 14.7 Å². The third kappa shape index (κ3) is 18.0. The van der Waals surface area contributed by atoms with E-state index in [0.29, 0.717) is 12.8 Å². The molecule has 0 spiro atoms. The number of nitrogens with zero attached hydrogens (tertiary/aromatic N) is 3. The van der Waals surface area contributed by atoms with Crippen molar-refractivity contribution in [3.8, 4) is 0 Å². The summed E-state index contributed by atoms with van der Waals surface area (Å²) < 4.78 is 9.32. The van der Waals surface area contributed by atoms with Crippen molar-refractivity contribution in [1.29, 1.82) is 0 Å². The number of hydrogen-bond donors (Lipinski definition) is 0. The maximum atomic E-state index is 11.1. The highest BCUT2D eigenvalue weighted by atomic mass is 16.5. The molecule has 0 bridgehead atoms. The number of ether oxygens (including phenoxy) is 2. The zero-order valence-electron chi connectivity index (χ0n) is 18.8. The maximum Gasteiger partial charge on any atom is 0.306 e. The summed E-state index contributed by atoms with van der Waals surface area (Å²) in [4.78, 5) is 29.1. The van der Waals surface area contributed by atoms with Gasteiger partial charge in [0.2, 0.25) is 0 Å². The summed E-state index contributed by atoms with van der Waals surface area (Å²) in [5.74, 6) is -0.309. The normalized spacial score (nSPS) is 10.7. The number of esters is 2. The first-order valence-electron chi connectivity index (χ1n) is 10.2. The molecular formula is C20H43N3O4. The Morgan fingerprint density at radius 1 is 0.704 bits per heavy atom. The SMILES string of the molecule is CC.CCN(CCCN(C)CCC(=O)OC)CCCN(C)CCC(=O)OC. The molecule has 27 heavy (non-hydrogen) atoms. The monoisotopic (exact) mass is 389 g/mol. The lowest BCUT2D eigenvalue weighted by Gasteiger charge is -2.24. The van der Waals surface area contributed by atoms with Crippen LogP contribution in [0.15, 0.2) is 0 Å². The molecule has 0 saturated heterocycles. The lowest BCUT2D eigenvalue weighted by molar-refractivity contribution is -0.141. The third-order valence-electron chi connectivity index (χ3n) is 4.33. The van der Waals surface area contributed by atoms with E-state index in [4.69, 9.17) is 0 Å². The molecule has 0 radical (unpaired) electrons. The molecule has 0 fully saturated rings. The molecule has 0 aliphatic rings. The van der Waals surface area contributed by atoms with Crippen LogP contribution in [0.25, 0.3) is 0 Å². The second-order valence-electron chi connectivity index (χ2n) is 6.40. The molecular weight excluding hydrogens is 346 g/mol. The van der Waals surface area contributed by atoms with E-state index in [9.17, 15) is 9.59 Å². The molecule has 0 unspecified atom stereocenters. The average Bonchev–Trinajstić information content (AvgIpc) is 2.70. The van der Waals surface area contributed by atoms with Gasteiger partial charge in [0, 0.05) is 13.1 Å². The minimum absolute atomic E-state index is 0.154. The van der Waals surface area contributed by atoms with Gasteiger partial charge in [-0.25, -0.2) is 0 Å². The molecule has 0 N–H and O–H groups in total. The number of methoxy groups -OCH3 is 2. The Morgan fingerprint density at radius 2 is 1.07 bits per heavy atom. The van der Waals surface area contributed by atoms with Gasteiger partial charge in [0.15, 0.2) is 0 Å². The third-order valence-corrected chi connectivity index (χ3v) is 4.33. The molecule has 0 aromatic carbocycles. The van der Waals surface area contributed by atoms with Gasteiger partial charge < -0.3 is 24.2 Å². The minimum atomic E-state index is -0.154. The number of carbonyl (C=O) groups excluding carboxylic acids is 2. The predicted octanol–water partition coefficient (Wildman–Crippen LogP) is 2.10. The first-order valence-corrected chi connectivity index (χ1v) is 10.2. The Hall–Kier alpha value is -1.18. The van der Waals surface area contributed by atoms with Crippen molar-refractivity contribution in [3.05, 3.63) is 0 Å². The standard InChI is InChI=1S/C18H37N3O4.C2H6/c1-6-21(13-7-11-19(2)15-9-17(22)24-4)14-8-12-20(3)16-10-18(23)25-5;1-2/h6-16H2,1-5H3;1-2H3. The second kappa shape index (κ2) is 19.6. The van der Waals surface area contributed by atoms with Crippen LogP contribution >= 0.6 is 0 Å². The fourth-order valence-corrected chi connectivity index (χ4v) is 2.55. The molecule has 0 amide bonds. The smallest absolute Gasteiger partial charge is 0.306 e. The van der Waals surface area contributed by atoms with Crippen molar-refractivity contribution in [2.24, 2.45) is 0 Å². The Bertz CT molecular complexity index is 335. The van der Waals surface area contributed by atoms with E-state index >= 15 is 0 Å².